The molecule has 138 valence electrons. The number of halogens is 1. The second kappa shape index (κ2) is 7.48. The van der Waals surface area contributed by atoms with Crippen LogP contribution in [0.2, 0.25) is 0 Å². The SMILES string of the molecule is Cc1ccccc1-c1nn(-c2ccccc2)cc1C(=O)Nc1cccc(F)c1. The van der Waals surface area contributed by atoms with Gasteiger partial charge >= 0.3 is 0 Å². The number of aryl methyl sites for hydroxylation is 1. The van der Waals surface area contributed by atoms with Crippen LogP contribution >= 0.6 is 0 Å². The maximum atomic E-state index is 13.5. The molecule has 4 aromatic rings. The highest BCUT2D eigenvalue weighted by molar-refractivity contribution is 6.08. The fraction of sp³-hybridized carbons (Fsp3) is 0.0435. The van der Waals surface area contributed by atoms with Gasteiger partial charge in [-0.05, 0) is 42.8 Å². The van der Waals surface area contributed by atoms with Gasteiger partial charge in [0, 0.05) is 17.4 Å². The number of carbonyl (C=O) groups excluding carboxylic acids is 1. The molecule has 5 heteroatoms. The van der Waals surface area contributed by atoms with Crippen molar-refractivity contribution in [2.75, 3.05) is 5.32 Å². The van der Waals surface area contributed by atoms with E-state index < -0.39 is 5.82 Å². The van der Waals surface area contributed by atoms with Crippen LogP contribution in [0.25, 0.3) is 16.9 Å². The molecule has 0 spiro atoms. The van der Waals surface area contributed by atoms with Gasteiger partial charge in [-0.15, -0.1) is 0 Å². The van der Waals surface area contributed by atoms with Crippen molar-refractivity contribution in [2.45, 2.75) is 6.92 Å². The van der Waals surface area contributed by atoms with Gasteiger partial charge in [-0.2, -0.15) is 5.10 Å². The number of nitrogens with one attached hydrogen (secondary N) is 1. The van der Waals surface area contributed by atoms with E-state index in [1.807, 2.05) is 61.5 Å². The number of para-hydroxylation sites is 1. The summed E-state index contributed by atoms with van der Waals surface area (Å²) in [7, 11) is 0. The minimum absolute atomic E-state index is 0.342. The lowest BCUT2D eigenvalue weighted by Crippen LogP contribution is -2.12. The lowest BCUT2D eigenvalue weighted by atomic mass is 10.0. The Morgan fingerprint density at radius 1 is 0.964 bits per heavy atom. The molecular weight excluding hydrogens is 353 g/mol. The molecule has 1 amide bonds. The van der Waals surface area contributed by atoms with Crippen LogP contribution in [-0.2, 0) is 0 Å². The number of hydrogen-bond acceptors (Lipinski definition) is 2. The molecule has 1 heterocycles. The van der Waals surface area contributed by atoms with Gasteiger partial charge in [0.15, 0.2) is 0 Å². The third-order valence-corrected chi connectivity index (χ3v) is 4.46. The van der Waals surface area contributed by atoms with Gasteiger partial charge in [0.25, 0.3) is 5.91 Å². The first kappa shape index (κ1) is 17.7. The Morgan fingerprint density at radius 2 is 1.71 bits per heavy atom. The molecule has 0 radical (unpaired) electrons. The summed E-state index contributed by atoms with van der Waals surface area (Å²) in [5.74, 6) is -0.747. The molecule has 0 atom stereocenters. The van der Waals surface area contributed by atoms with Crippen LogP contribution in [0.4, 0.5) is 10.1 Å². The Labute approximate surface area is 162 Å². The summed E-state index contributed by atoms with van der Waals surface area (Å²) in [6, 6.07) is 23.2. The van der Waals surface area contributed by atoms with Gasteiger partial charge < -0.3 is 5.32 Å². The van der Waals surface area contributed by atoms with Crippen molar-refractivity contribution < 1.29 is 9.18 Å². The summed E-state index contributed by atoms with van der Waals surface area (Å²) >= 11 is 0. The van der Waals surface area contributed by atoms with E-state index in [1.165, 1.54) is 12.1 Å². The molecule has 4 rings (SSSR count). The normalized spacial score (nSPS) is 10.6. The Kier molecular flexibility index (Phi) is 4.72. The van der Waals surface area contributed by atoms with E-state index >= 15 is 0 Å². The Hall–Kier alpha value is -3.73. The molecule has 28 heavy (non-hydrogen) atoms. The fourth-order valence-electron chi connectivity index (χ4n) is 3.06. The van der Waals surface area contributed by atoms with Crippen molar-refractivity contribution in [3.63, 3.8) is 0 Å². The summed E-state index contributed by atoms with van der Waals surface area (Å²) in [5.41, 5.74) is 4.13. The van der Waals surface area contributed by atoms with Crippen LogP contribution in [-0.4, -0.2) is 15.7 Å². The summed E-state index contributed by atoms with van der Waals surface area (Å²) in [5, 5.41) is 7.43. The monoisotopic (exact) mass is 371 g/mol. The van der Waals surface area contributed by atoms with E-state index in [0.29, 0.717) is 16.9 Å². The van der Waals surface area contributed by atoms with E-state index in [-0.39, 0.29) is 5.91 Å². The molecular formula is C23H18FN3O. The van der Waals surface area contributed by atoms with Gasteiger partial charge in [0.05, 0.1) is 11.3 Å². The number of anilines is 1. The average Bonchev–Trinajstić information content (AvgIpc) is 3.14. The smallest absolute Gasteiger partial charge is 0.259 e. The molecule has 1 aromatic heterocycles. The van der Waals surface area contributed by atoms with Gasteiger partial charge in [0.1, 0.15) is 11.5 Å². The van der Waals surface area contributed by atoms with Gasteiger partial charge in [-0.25, -0.2) is 9.07 Å². The number of rotatable bonds is 4. The second-order valence-corrected chi connectivity index (χ2v) is 6.45. The molecule has 0 aliphatic rings. The minimum atomic E-state index is -0.406. The van der Waals surface area contributed by atoms with Gasteiger partial charge in [-0.3, -0.25) is 4.79 Å². The maximum absolute atomic E-state index is 13.5. The molecule has 0 fully saturated rings. The largest absolute Gasteiger partial charge is 0.322 e. The van der Waals surface area contributed by atoms with Gasteiger partial charge in [-0.1, -0.05) is 48.5 Å². The van der Waals surface area contributed by atoms with Crippen molar-refractivity contribution in [1.29, 1.82) is 0 Å². The van der Waals surface area contributed by atoms with Crippen molar-refractivity contribution in [3.05, 3.63) is 102 Å². The zero-order valence-electron chi connectivity index (χ0n) is 15.3. The highest BCUT2D eigenvalue weighted by atomic mass is 19.1. The van der Waals surface area contributed by atoms with Crippen LogP contribution in [0.3, 0.4) is 0 Å². The average molecular weight is 371 g/mol. The fourth-order valence-corrected chi connectivity index (χ4v) is 3.06. The van der Waals surface area contributed by atoms with Gasteiger partial charge in [0.2, 0.25) is 0 Å². The zero-order chi connectivity index (χ0) is 19.5. The van der Waals surface area contributed by atoms with Crippen molar-refractivity contribution in [3.8, 4) is 16.9 Å². The quantitative estimate of drug-likeness (QED) is 0.533. The Morgan fingerprint density at radius 3 is 2.46 bits per heavy atom. The molecule has 3 aromatic carbocycles. The topological polar surface area (TPSA) is 46.9 Å². The van der Waals surface area contributed by atoms with Crippen molar-refractivity contribution in [1.82, 2.24) is 9.78 Å². The number of nitrogens with zero attached hydrogens (tertiary/aromatic N) is 2. The van der Waals surface area contributed by atoms with E-state index in [0.717, 1.165) is 16.8 Å². The van der Waals surface area contributed by atoms with E-state index in [9.17, 15) is 9.18 Å². The molecule has 0 aliphatic carbocycles. The maximum Gasteiger partial charge on any atom is 0.259 e. The molecule has 0 bridgehead atoms. The highest BCUT2D eigenvalue weighted by Gasteiger charge is 2.20. The molecule has 4 nitrogen and oxygen atoms in total. The van der Waals surface area contributed by atoms with E-state index in [4.69, 9.17) is 0 Å². The number of amides is 1. The lowest BCUT2D eigenvalue weighted by molar-refractivity contribution is 0.102. The van der Waals surface area contributed by atoms with E-state index in [1.54, 1.807) is 23.0 Å². The molecule has 0 unspecified atom stereocenters. The van der Waals surface area contributed by atoms with Crippen molar-refractivity contribution >= 4 is 11.6 Å². The number of carbonyl (C=O) groups is 1. The van der Waals surface area contributed by atoms with Crippen LogP contribution in [0.5, 0.6) is 0 Å². The van der Waals surface area contributed by atoms with Crippen LogP contribution in [0, 0.1) is 12.7 Å². The summed E-state index contributed by atoms with van der Waals surface area (Å²) in [4.78, 5) is 13.0. The number of aromatic nitrogens is 2. The first-order valence-electron chi connectivity index (χ1n) is 8.90. The molecule has 0 saturated heterocycles. The molecule has 0 aliphatic heterocycles. The highest BCUT2D eigenvalue weighted by Crippen LogP contribution is 2.27. The predicted molar refractivity (Wildman–Crippen MR) is 108 cm³/mol. The van der Waals surface area contributed by atoms with Crippen LogP contribution in [0.1, 0.15) is 15.9 Å². The predicted octanol–water partition coefficient (Wildman–Crippen LogP) is 5.24. The van der Waals surface area contributed by atoms with Crippen LogP contribution < -0.4 is 5.32 Å². The third-order valence-electron chi connectivity index (χ3n) is 4.46. The molecule has 1 N–H and O–H groups in total. The minimum Gasteiger partial charge on any atom is -0.322 e. The summed E-state index contributed by atoms with van der Waals surface area (Å²) in [6.45, 7) is 1.98. The summed E-state index contributed by atoms with van der Waals surface area (Å²) < 4.78 is 15.2. The third kappa shape index (κ3) is 3.55. The second-order valence-electron chi connectivity index (χ2n) is 6.45. The van der Waals surface area contributed by atoms with E-state index in [2.05, 4.69) is 10.4 Å². The van der Waals surface area contributed by atoms with Crippen LogP contribution in [0.15, 0.2) is 85.1 Å². The number of benzene rings is 3. The molecule has 0 saturated carbocycles. The first-order chi connectivity index (χ1) is 13.6. The first-order valence-corrected chi connectivity index (χ1v) is 8.90. The summed E-state index contributed by atoms with van der Waals surface area (Å²) in [6.07, 6.45) is 1.70. The zero-order valence-corrected chi connectivity index (χ0v) is 15.3. The Balaban J connectivity index is 1.79. The van der Waals surface area contributed by atoms with Crippen molar-refractivity contribution in [2.24, 2.45) is 0 Å². The standard InChI is InChI=1S/C23H18FN3O/c1-16-8-5-6-13-20(16)22-21(15-27(26-22)19-11-3-2-4-12-19)23(28)25-18-10-7-9-17(24)14-18/h2-15H,1H3,(H,25,28). The lowest BCUT2D eigenvalue weighted by Gasteiger charge is -2.07. The Bertz CT molecular complexity index is 1140. The number of hydrogen-bond donors (Lipinski definition) is 1.